The van der Waals surface area contributed by atoms with E-state index in [-0.39, 0.29) is 18.4 Å². The van der Waals surface area contributed by atoms with Gasteiger partial charge in [0.2, 0.25) is 12.0 Å². The summed E-state index contributed by atoms with van der Waals surface area (Å²) in [5.41, 5.74) is 4.21. The fourth-order valence-corrected chi connectivity index (χ4v) is 4.23. The lowest BCUT2D eigenvalue weighted by Crippen LogP contribution is -2.54. The van der Waals surface area contributed by atoms with Crippen LogP contribution in [0, 0.1) is 20.8 Å². The number of para-hydroxylation sites is 2. The first-order chi connectivity index (χ1) is 14.9. The monoisotopic (exact) mass is 423 g/mol. The smallest absolute Gasteiger partial charge is 0.267 e. The Morgan fingerprint density at radius 2 is 1.65 bits per heavy atom. The normalized spacial score (nSPS) is 18.5. The molecule has 0 radical (unpaired) electrons. The SMILES string of the molecule is Cc1cc(C)c(NC(=O)CN2CCN(C(=O)[C@H]3COc4ccccc4O3)CC2)c(C)c1. The first-order valence-corrected chi connectivity index (χ1v) is 10.7. The fourth-order valence-electron chi connectivity index (χ4n) is 4.23. The van der Waals surface area contributed by atoms with Crippen molar-refractivity contribution in [3.8, 4) is 11.5 Å². The average molecular weight is 424 g/mol. The lowest BCUT2D eigenvalue weighted by atomic mass is 10.1. The molecule has 0 bridgehead atoms. The summed E-state index contributed by atoms with van der Waals surface area (Å²) >= 11 is 0. The second-order valence-corrected chi connectivity index (χ2v) is 8.29. The van der Waals surface area contributed by atoms with Crippen LogP contribution in [0.25, 0.3) is 0 Å². The van der Waals surface area contributed by atoms with Crippen molar-refractivity contribution in [3.63, 3.8) is 0 Å². The summed E-state index contributed by atoms with van der Waals surface area (Å²) in [5, 5.41) is 3.05. The molecule has 2 amide bonds. The van der Waals surface area contributed by atoms with E-state index in [0.29, 0.717) is 44.2 Å². The van der Waals surface area contributed by atoms with E-state index in [1.165, 1.54) is 5.56 Å². The molecule has 7 heteroatoms. The van der Waals surface area contributed by atoms with Crippen LogP contribution in [0.15, 0.2) is 36.4 Å². The van der Waals surface area contributed by atoms with Gasteiger partial charge in [-0.25, -0.2) is 0 Å². The van der Waals surface area contributed by atoms with E-state index < -0.39 is 6.10 Å². The van der Waals surface area contributed by atoms with Gasteiger partial charge in [-0.1, -0.05) is 29.8 Å². The van der Waals surface area contributed by atoms with Gasteiger partial charge < -0.3 is 19.7 Å². The van der Waals surface area contributed by atoms with Crippen LogP contribution < -0.4 is 14.8 Å². The lowest BCUT2D eigenvalue weighted by Gasteiger charge is -2.36. The number of carbonyl (C=O) groups excluding carboxylic acids is 2. The van der Waals surface area contributed by atoms with Crippen LogP contribution in [0.4, 0.5) is 5.69 Å². The number of nitrogens with one attached hydrogen (secondary N) is 1. The molecular formula is C24H29N3O4. The van der Waals surface area contributed by atoms with Gasteiger partial charge in [-0.2, -0.15) is 0 Å². The number of amides is 2. The summed E-state index contributed by atoms with van der Waals surface area (Å²) in [6.07, 6.45) is -0.628. The number of nitrogens with zero attached hydrogens (tertiary/aromatic N) is 2. The molecule has 2 aliphatic rings. The first-order valence-electron chi connectivity index (χ1n) is 10.7. The third-order valence-electron chi connectivity index (χ3n) is 5.78. The second-order valence-electron chi connectivity index (χ2n) is 8.29. The highest BCUT2D eigenvalue weighted by atomic mass is 16.6. The maximum atomic E-state index is 12.9. The Morgan fingerprint density at radius 3 is 2.32 bits per heavy atom. The molecule has 164 valence electrons. The molecule has 0 aromatic heterocycles. The topological polar surface area (TPSA) is 71.1 Å². The van der Waals surface area contributed by atoms with Gasteiger partial charge in [0.1, 0.15) is 6.61 Å². The van der Waals surface area contributed by atoms with E-state index in [0.717, 1.165) is 16.8 Å². The van der Waals surface area contributed by atoms with Crippen LogP contribution in [0.3, 0.4) is 0 Å². The molecule has 1 N–H and O–H groups in total. The molecule has 2 aromatic rings. The standard InChI is InChI=1S/C24H29N3O4/c1-16-12-17(2)23(18(3)13-16)25-22(28)14-26-8-10-27(11-9-26)24(29)21-15-30-19-6-4-5-7-20(19)31-21/h4-7,12-13,21H,8-11,14-15H2,1-3H3,(H,25,28)/t21-/m1/s1. The van der Waals surface area contributed by atoms with E-state index in [9.17, 15) is 9.59 Å². The van der Waals surface area contributed by atoms with Crippen molar-refractivity contribution in [3.05, 3.63) is 53.1 Å². The summed E-state index contributed by atoms with van der Waals surface area (Å²) in [7, 11) is 0. The van der Waals surface area contributed by atoms with Crippen molar-refractivity contribution >= 4 is 17.5 Å². The van der Waals surface area contributed by atoms with E-state index in [2.05, 4.69) is 29.3 Å². The molecule has 0 saturated carbocycles. The number of hydrogen-bond acceptors (Lipinski definition) is 5. The van der Waals surface area contributed by atoms with Crippen molar-refractivity contribution in [1.82, 2.24) is 9.80 Å². The van der Waals surface area contributed by atoms with Gasteiger partial charge in [0.05, 0.1) is 6.54 Å². The van der Waals surface area contributed by atoms with Gasteiger partial charge in [-0.05, 0) is 44.0 Å². The van der Waals surface area contributed by atoms with Gasteiger partial charge in [-0.3, -0.25) is 14.5 Å². The Bertz CT molecular complexity index is 960. The van der Waals surface area contributed by atoms with Gasteiger partial charge >= 0.3 is 0 Å². The quantitative estimate of drug-likeness (QED) is 0.818. The van der Waals surface area contributed by atoms with Crippen LogP contribution in [-0.4, -0.2) is 67.0 Å². The number of piperazine rings is 1. The molecule has 0 aliphatic carbocycles. The molecule has 0 unspecified atom stereocenters. The lowest BCUT2D eigenvalue weighted by molar-refractivity contribution is -0.143. The number of rotatable bonds is 4. The maximum absolute atomic E-state index is 12.9. The average Bonchev–Trinajstić information content (AvgIpc) is 2.76. The van der Waals surface area contributed by atoms with Gasteiger partial charge in [0.25, 0.3) is 5.91 Å². The molecule has 2 heterocycles. The van der Waals surface area contributed by atoms with Gasteiger partial charge in [-0.15, -0.1) is 0 Å². The van der Waals surface area contributed by atoms with Gasteiger partial charge in [0.15, 0.2) is 11.5 Å². The molecule has 7 nitrogen and oxygen atoms in total. The van der Waals surface area contributed by atoms with Crippen LogP contribution in [0.1, 0.15) is 16.7 Å². The molecule has 1 saturated heterocycles. The fraction of sp³-hybridized carbons (Fsp3) is 0.417. The zero-order valence-electron chi connectivity index (χ0n) is 18.3. The Hall–Kier alpha value is -3.06. The molecule has 2 aliphatic heterocycles. The minimum Gasteiger partial charge on any atom is -0.485 e. The second kappa shape index (κ2) is 8.98. The number of anilines is 1. The van der Waals surface area contributed by atoms with E-state index in [4.69, 9.17) is 9.47 Å². The Morgan fingerprint density at radius 1 is 1.00 bits per heavy atom. The highest BCUT2D eigenvalue weighted by Crippen LogP contribution is 2.31. The van der Waals surface area contributed by atoms with Crippen molar-refractivity contribution in [1.29, 1.82) is 0 Å². The van der Waals surface area contributed by atoms with Crippen LogP contribution in [-0.2, 0) is 9.59 Å². The number of hydrogen-bond donors (Lipinski definition) is 1. The number of ether oxygens (including phenoxy) is 2. The molecule has 2 aromatic carbocycles. The summed E-state index contributed by atoms with van der Waals surface area (Å²) in [6.45, 7) is 9.02. The predicted molar refractivity (Wildman–Crippen MR) is 119 cm³/mol. The molecular weight excluding hydrogens is 394 g/mol. The highest BCUT2D eigenvalue weighted by Gasteiger charge is 2.32. The van der Waals surface area contributed by atoms with Gasteiger partial charge in [0, 0.05) is 31.9 Å². The summed E-state index contributed by atoms with van der Waals surface area (Å²) < 4.78 is 11.5. The maximum Gasteiger partial charge on any atom is 0.267 e. The molecule has 0 spiro atoms. The van der Waals surface area contributed by atoms with Crippen molar-refractivity contribution < 1.29 is 19.1 Å². The number of fused-ring (bicyclic) bond motifs is 1. The minimum absolute atomic E-state index is 0.0320. The van der Waals surface area contributed by atoms with Crippen molar-refractivity contribution in [2.24, 2.45) is 0 Å². The Balaban J connectivity index is 1.27. The third kappa shape index (κ3) is 4.82. The molecule has 1 fully saturated rings. The Kier molecular flexibility index (Phi) is 6.13. The largest absolute Gasteiger partial charge is 0.485 e. The predicted octanol–water partition coefficient (Wildman–Crippen LogP) is 2.53. The molecule has 1 atom stereocenters. The van der Waals surface area contributed by atoms with Crippen LogP contribution in [0.2, 0.25) is 0 Å². The van der Waals surface area contributed by atoms with Crippen molar-refractivity contribution in [2.45, 2.75) is 26.9 Å². The highest BCUT2D eigenvalue weighted by molar-refractivity contribution is 5.93. The summed E-state index contributed by atoms with van der Waals surface area (Å²) in [4.78, 5) is 29.3. The van der Waals surface area contributed by atoms with Crippen LogP contribution >= 0.6 is 0 Å². The summed E-state index contributed by atoms with van der Waals surface area (Å²) in [5.74, 6) is 1.17. The number of benzene rings is 2. The molecule has 31 heavy (non-hydrogen) atoms. The zero-order chi connectivity index (χ0) is 22.0. The summed E-state index contributed by atoms with van der Waals surface area (Å²) in [6, 6.07) is 11.5. The third-order valence-corrected chi connectivity index (χ3v) is 5.78. The van der Waals surface area contributed by atoms with E-state index in [1.807, 2.05) is 38.1 Å². The van der Waals surface area contributed by atoms with Crippen LogP contribution in [0.5, 0.6) is 11.5 Å². The number of aryl methyl sites for hydroxylation is 3. The minimum atomic E-state index is -0.628. The van der Waals surface area contributed by atoms with E-state index >= 15 is 0 Å². The van der Waals surface area contributed by atoms with E-state index in [1.54, 1.807) is 4.90 Å². The zero-order valence-corrected chi connectivity index (χ0v) is 18.3. The van der Waals surface area contributed by atoms with Crippen molar-refractivity contribution in [2.75, 3.05) is 44.6 Å². The first kappa shape index (κ1) is 21.2. The molecule has 4 rings (SSSR count). The Labute approximate surface area is 182 Å². The number of carbonyl (C=O) groups is 2.